The Labute approximate surface area is 396 Å². The lowest BCUT2D eigenvalue weighted by Gasteiger charge is -2.18. The van der Waals surface area contributed by atoms with Crippen LogP contribution in [-0.4, -0.2) is 37.2 Å². The van der Waals surface area contributed by atoms with Gasteiger partial charge in [-0.25, -0.2) is 0 Å². The van der Waals surface area contributed by atoms with Crippen LogP contribution in [0.25, 0.3) is 0 Å². The van der Waals surface area contributed by atoms with Crippen molar-refractivity contribution in [3.8, 4) is 0 Å². The summed E-state index contributed by atoms with van der Waals surface area (Å²) >= 11 is 0. The molecule has 0 radical (unpaired) electrons. The number of hydrogen-bond acceptors (Lipinski definition) is 6. The highest BCUT2D eigenvalue weighted by Gasteiger charge is 2.19. The van der Waals surface area contributed by atoms with Crippen LogP contribution >= 0.6 is 0 Å². The molecular formula is C58H102O6. The fraction of sp³-hybridized carbons (Fsp3) is 0.776. The Morgan fingerprint density at radius 1 is 0.312 bits per heavy atom. The molecule has 6 heteroatoms. The van der Waals surface area contributed by atoms with Crippen molar-refractivity contribution in [1.82, 2.24) is 0 Å². The summed E-state index contributed by atoms with van der Waals surface area (Å²) in [7, 11) is 0. The van der Waals surface area contributed by atoms with Crippen LogP contribution in [0.2, 0.25) is 0 Å². The van der Waals surface area contributed by atoms with E-state index in [2.05, 4.69) is 81.5 Å². The summed E-state index contributed by atoms with van der Waals surface area (Å²) < 4.78 is 16.8. The van der Waals surface area contributed by atoms with E-state index in [1.807, 2.05) is 0 Å². The van der Waals surface area contributed by atoms with Crippen LogP contribution in [0.4, 0.5) is 0 Å². The molecule has 0 aromatic heterocycles. The van der Waals surface area contributed by atoms with Gasteiger partial charge in [-0.05, 0) is 70.6 Å². The third kappa shape index (κ3) is 50.1. The lowest BCUT2D eigenvalue weighted by molar-refractivity contribution is -0.167. The molecule has 0 aliphatic rings. The molecule has 370 valence electrons. The summed E-state index contributed by atoms with van der Waals surface area (Å²) in [5, 5.41) is 0. The number of allylic oxidation sites excluding steroid dienone is 10. The van der Waals surface area contributed by atoms with Crippen LogP contribution in [0.3, 0.4) is 0 Å². The van der Waals surface area contributed by atoms with E-state index in [4.69, 9.17) is 14.2 Å². The number of unbranched alkanes of at least 4 members (excludes halogenated alkanes) is 31. The van der Waals surface area contributed by atoms with Crippen LogP contribution in [0, 0.1) is 0 Å². The van der Waals surface area contributed by atoms with Gasteiger partial charge in [0.25, 0.3) is 0 Å². The minimum atomic E-state index is -0.786. The van der Waals surface area contributed by atoms with Crippen molar-refractivity contribution in [3.05, 3.63) is 60.8 Å². The van der Waals surface area contributed by atoms with Gasteiger partial charge in [0, 0.05) is 19.3 Å². The lowest BCUT2D eigenvalue weighted by Crippen LogP contribution is -2.30. The summed E-state index contributed by atoms with van der Waals surface area (Å²) in [4.78, 5) is 38.0. The maximum absolute atomic E-state index is 12.8. The van der Waals surface area contributed by atoms with Gasteiger partial charge in [-0.1, -0.05) is 242 Å². The molecule has 0 rings (SSSR count). The zero-order valence-electron chi connectivity index (χ0n) is 42.3. The minimum Gasteiger partial charge on any atom is -0.462 e. The Balaban J connectivity index is 4.38. The first-order valence-electron chi connectivity index (χ1n) is 27.3. The van der Waals surface area contributed by atoms with E-state index >= 15 is 0 Å². The van der Waals surface area contributed by atoms with Crippen LogP contribution < -0.4 is 0 Å². The Hall–Kier alpha value is -2.89. The number of ether oxygens (including phenoxy) is 3. The standard InChI is InChI=1S/C58H102O6/c1-4-7-10-13-16-19-22-24-26-28-30-32-34-36-39-42-45-48-51-57(60)63-54-55(53-62-56(59)50-47-44-41-38-21-18-15-12-9-6-3)64-58(61)52-49-46-43-40-37-35-33-31-29-27-25-23-20-17-14-11-8-5-2/h16,19,22,24,26,28,30-33,55H,4-15,17-18,20-21,23,25,27,29,34-54H2,1-3H3/b19-16-,24-22-,28-26-,32-30-,33-31-. The van der Waals surface area contributed by atoms with E-state index in [1.165, 1.54) is 135 Å². The molecule has 0 heterocycles. The molecule has 0 spiro atoms. The quantitative estimate of drug-likeness (QED) is 0.0199. The summed E-state index contributed by atoms with van der Waals surface area (Å²) in [5.74, 6) is -0.910. The van der Waals surface area contributed by atoms with Crippen molar-refractivity contribution in [2.24, 2.45) is 0 Å². The van der Waals surface area contributed by atoms with Crippen LogP contribution in [0.1, 0.15) is 271 Å². The molecule has 64 heavy (non-hydrogen) atoms. The Kier molecular flexibility index (Phi) is 50.4. The number of hydrogen-bond donors (Lipinski definition) is 0. The molecule has 0 aliphatic carbocycles. The predicted molar refractivity (Wildman–Crippen MR) is 275 cm³/mol. The highest BCUT2D eigenvalue weighted by atomic mass is 16.6. The van der Waals surface area contributed by atoms with Crippen molar-refractivity contribution < 1.29 is 28.6 Å². The summed E-state index contributed by atoms with van der Waals surface area (Å²) in [6.45, 7) is 6.58. The number of carbonyl (C=O) groups excluding carboxylic acids is 3. The molecule has 0 saturated carbocycles. The van der Waals surface area contributed by atoms with Crippen LogP contribution in [0.5, 0.6) is 0 Å². The Morgan fingerprint density at radius 3 is 0.953 bits per heavy atom. The average molecular weight is 895 g/mol. The van der Waals surface area contributed by atoms with E-state index in [9.17, 15) is 14.4 Å². The molecule has 0 aliphatic heterocycles. The molecule has 0 amide bonds. The first kappa shape index (κ1) is 61.1. The maximum atomic E-state index is 12.8. The van der Waals surface area contributed by atoms with Crippen molar-refractivity contribution in [2.75, 3.05) is 13.2 Å². The minimum absolute atomic E-state index is 0.0836. The molecule has 0 aromatic rings. The Morgan fingerprint density at radius 2 is 0.578 bits per heavy atom. The molecule has 0 N–H and O–H groups in total. The topological polar surface area (TPSA) is 78.9 Å². The van der Waals surface area contributed by atoms with Crippen LogP contribution in [0.15, 0.2) is 60.8 Å². The molecule has 0 bridgehead atoms. The molecule has 6 nitrogen and oxygen atoms in total. The SMILES string of the molecule is CCCCC\C=C/C=C\C=C/C=C\CCCCCCCC(=O)OCC(COC(=O)CCCCCCCCCCCC)OC(=O)CCCCCCC/C=C\CCCCCCCCCCC. The van der Waals surface area contributed by atoms with Gasteiger partial charge in [-0.15, -0.1) is 0 Å². The number of rotatable bonds is 49. The van der Waals surface area contributed by atoms with Crippen molar-refractivity contribution in [3.63, 3.8) is 0 Å². The number of esters is 3. The molecule has 1 atom stereocenters. The van der Waals surface area contributed by atoms with Gasteiger partial charge in [0.1, 0.15) is 13.2 Å². The van der Waals surface area contributed by atoms with Crippen molar-refractivity contribution in [2.45, 2.75) is 277 Å². The van der Waals surface area contributed by atoms with E-state index < -0.39 is 6.10 Å². The maximum Gasteiger partial charge on any atom is 0.306 e. The van der Waals surface area contributed by atoms with Gasteiger partial charge in [-0.3, -0.25) is 14.4 Å². The molecule has 1 unspecified atom stereocenters. The first-order valence-corrected chi connectivity index (χ1v) is 27.3. The van der Waals surface area contributed by atoms with E-state index in [1.54, 1.807) is 0 Å². The second-order valence-electron chi connectivity index (χ2n) is 18.2. The monoisotopic (exact) mass is 895 g/mol. The van der Waals surface area contributed by atoms with Gasteiger partial charge in [-0.2, -0.15) is 0 Å². The smallest absolute Gasteiger partial charge is 0.306 e. The highest BCUT2D eigenvalue weighted by Crippen LogP contribution is 2.15. The van der Waals surface area contributed by atoms with Crippen molar-refractivity contribution >= 4 is 17.9 Å². The molecule has 0 fully saturated rings. The van der Waals surface area contributed by atoms with Crippen molar-refractivity contribution in [1.29, 1.82) is 0 Å². The summed E-state index contributed by atoms with van der Waals surface area (Å²) in [5.41, 5.74) is 0. The predicted octanol–water partition coefficient (Wildman–Crippen LogP) is 18.0. The first-order chi connectivity index (χ1) is 31.5. The van der Waals surface area contributed by atoms with Crippen LogP contribution in [-0.2, 0) is 28.6 Å². The fourth-order valence-corrected chi connectivity index (χ4v) is 7.68. The molecular weight excluding hydrogens is 793 g/mol. The fourth-order valence-electron chi connectivity index (χ4n) is 7.68. The van der Waals surface area contributed by atoms with Gasteiger partial charge < -0.3 is 14.2 Å². The largest absolute Gasteiger partial charge is 0.462 e. The third-order valence-corrected chi connectivity index (χ3v) is 11.8. The second-order valence-corrected chi connectivity index (χ2v) is 18.2. The summed E-state index contributed by atoms with van der Waals surface area (Å²) in [6.07, 6.45) is 64.9. The molecule has 0 aromatic carbocycles. The molecule has 0 saturated heterocycles. The Bertz CT molecular complexity index is 1170. The zero-order chi connectivity index (χ0) is 46.5. The van der Waals surface area contributed by atoms with E-state index in [0.29, 0.717) is 19.3 Å². The van der Waals surface area contributed by atoms with Gasteiger partial charge >= 0.3 is 17.9 Å². The lowest BCUT2D eigenvalue weighted by atomic mass is 10.1. The van der Waals surface area contributed by atoms with Gasteiger partial charge in [0.15, 0.2) is 6.10 Å². The second kappa shape index (κ2) is 52.7. The third-order valence-electron chi connectivity index (χ3n) is 11.8. The van der Waals surface area contributed by atoms with Gasteiger partial charge in [0.05, 0.1) is 0 Å². The van der Waals surface area contributed by atoms with Gasteiger partial charge in [0.2, 0.25) is 0 Å². The average Bonchev–Trinajstić information content (AvgIpc) is 3.29. The zero-order valence-corrected chi connectivity index (χ0v) is 42.3. The van der Waals surface area contributed by atoms with E-state index in [0.717, 1.165) is 96.3 Å². The summed E-state index contributed by atoms with van der Waals surface area (Å²) in [6, 6.07) is 0. The number of carbonyl (C=O) groups is 3. The normalized spacial score (nSPS) is 12.5. The highest BCUT2D eigenvalue weighted by molar-refractivity contribution is 5.71. The van der Waals surface area contributed by atoms with E-state index in [-0.39, 0.29) is 31.1 Å².